The maximum absolute atomic E-state index is 6.23. The Labute approximate surface area is 276 Å². The van der Waals surface area contributed by atoms with E-state index in [-0.39, 0.29) is 0 Å². The second-order valence-electron chi connectivity index (χ2n) is 12.1. The Kier molecular flexibility index (Phi) is 5.81. The predicted molar refractivity (Wildman–Crippen MR) is 195 cm³/mol. The summed E-state index contributed by atoms with van der Waals surface area (Å²) in [6.45, 7) is 0. The molecule has 5 heteroatoms. The Balaban J connectivity index is 1.15. The summed E-state index contributed by atoms with van der Waals surface area (Å²) in [6, 6.07) is 54.6. The molecule has 5 nitrogen and oxygen atoms in total. The van der Waals surface area contributed by atoms with Crippen LogP contribution in [0.1, 0.15) is 0 Å². The van der Waals surface area contributed by atoms with Crippen molar-refractivity contribution in [3.8, 4) is 45.3 Å². The zero-order valence-corrected chi connectivity index (χ0v) is 25.7. The first-order valence-electron chi connectivity index (χ1n) is 16.0. The quantitative estimate of drug-likeness (QED) is 0.197. The zero-order chi connectivity index (χ0) is 31.6. The summed E-state index contributed by atoms with van der Waals surface area (Å²) in [5, 5.41) is 4.63. The van der Waals surface area contributed by atoms with Gasteiger partial charge in [0.1, 0.15) is 11.2 Å². The van der Waals surface area contributed by atoms with Gasteiger partial charge in [-0.15, -0.1) is 0 Å². The van der Waals surface area contributed by atoms with Crippen LogP contribution >= 0.6 is 0 Å². The number of benzene rings is 7. The molecule has 0 saturated carbocycles. The molecule has 0 radical (unpaired) electrons. The third-order valence-electron chi connectivity index (χ3n) is 9.23. The van der Waals surface area contributed by atoms with E-state index in [0.717, 1.165) is 55.7 Å². The molecule has 9 aromatic rings. The largest absolute Gasteiger partial charge is 0.456 e. The lowest BCUT2D eigenvalue weighted by molar-refractivity contribution is 0.669. The van der Waals surface area contributed by atoms with Gasteiger partial charge in [-0.2, -0.15) is 0 Å². The fraction of sp³-hybridized carbons (Fsp3) is 0. The molecule has 0 fully saturated rings. The third-order valence-corrected chi connectivity index (χ3v) is 9.23. The van der Waals surface area contributed by atoms with Crippen molar-refractivity contribution < 1.29 is 4.42 Å². The normalized spacial score (nSPS) is 12.1. The lowest BCUT2D eigenvalue weighted by atomic mass is 9.91. The maximum atomic E-state index is 6.23. The second-order valence-corrected chi connectivity index (χ2v) is 12.1. The number of rotatable bonds is 4. The molecule has 0 unspecified atom stereocenters. The Hall–Kier alpha value is -6.59. The van der Waals surface area contributed by atoms with Gasteiger partial charge in [-0.25, -0.2) is 15.0 Å². The molecule has 224 valence electrons. The van der Waals surface area contributed by atoms with Gasteiger partial charge in [0.2, 0.25) is 0 Å². The molecule has 0 aliphatic carbocycles. The van der Waals surface area contributed by atoms with Crippen LogP contribution in [-0.2, 0) is 0 Å². The fourth-order valence-corrected chi connectivity index (χ4v) is 7.04. The molecule has 48 heavy (non-hydrogen) atoms. The molecule has 2 aromatic heterocycles. The van der Waals surface area contributed by atoms with Gasteiger partial charge in [0, 0.05) is 44.1 Å². The summed E-state index contributed by atoms with van der Waals surface area (Å²) in [7, 11) is 0. The van der Waals surface area contributed by atoms with Gasteiger partial charge < -0.3 is 9.32 Å². The van der Waals surface area contributed by atoms with E-state index in [1.807, 2.05) is 54.6 Å². The summed E-state index contributed by atoms with van der Waals surface area (Å²) in [5.74, 6) is 1.82. The van der Waals surface area contributed by atoms with Crippen LogP contribution in [0.3, 0.4) is 0 Å². The smallest absolute Gasteiger partial charge is 0.164 e. The van der Waals surface area contributed by atoms with Gasteiger partial charge in [-0.05, 0) is 53.4 Å². The first-order chi connectivity index (χ1) is 23.8. The van der Waals surface area contributed by atoms with Crippen LogP contribution in [0.4, 0.5) is 17.1 Å². The van der Waals surface area contributed by atoms with Crippen molar-refractivity contribution in [2.24, 2.45) is 0 Å². The zero-order valence-electron chi connectivity index (χ0n) is 25.7. The molecule has 0 amide bonds. The maximum Gasteiger partial charge on any atom is 0.164 e. The van der Waals surface area contributed by atoms with Gasteiger partial charge in [-0.3, -0.25) is 0 Å². The van der Waals surface area contributed by atoms with Crippen LogP contribution in [0.2, 0.25) is 0 Å². The number of fused-ring (bicyclic) bond motifs is 5. The number of aromatic nitrogens is 3. The number of nitrogens with zero attached hydrogens (tertiary/aromatic N) is 4. The molecule has 7 aromatic carbocycles. The third kappa shape index (κ3) is 4.15. The lowest BCUT2D eigenvalue weighted by Gasteiger charge is -2.33. The van der Waals surface area contributed by atoms with Crippen molar-refractivity contribution in [1.29, 1.82) is 0 Å². The van der Waals surface area contributed by atoms with Crippen LogP contribution in [0.5, 0.6) is 0 Å². The summed E-state index contributed by atoms with van der Waals surface area (Å²) < 4.78 is 6.23. The molecule has 1 aliphatic heterocycles. The molecule has 0 saturated heterocycles. The highest BCUT2D eigenvalue weighted by Gasteiger charge is 2.26. The minimum atomic E-state index is 0.591. The number of hydrogen-bond donors (Lipinski definition) is 0. The molecular formula is C43H26N4O. The number of anilines is 3. The van der Waals surface area contributed by atoms with Gasteiger partial charge >= 0.3 is 0 Å². The van der Waals surface area contributed by atoms with Crippen LogP contribution in [0, 0.1) is 0 Å². The van der Waals surface area contributed by atoms with E-state index in [4.69, 9.17) is 19.4 Å². The fourth-order valence-electron chi connectivity index (χ4n) is 7.04. The molecule has 10 rings (SSSR count). The van der Waals surface area contributed by atoms with Crippen molar-refractivity contribution >= 4 is 49.8 Å². The highest BCUT2D eigenvalue weighted by Crippen LogP contribution is 2.50. The molecule has 1 aliphatic rings. The summed E-state index contributed by atoms with van der Waals surface area (Å²) in [5.41, 5.74) is 10.2. The molecule has 3 heterocycles. The Morgan fingerprint density at radius 1 is 0.417 bits per heavy atom. The minimum absolute atomic E-state index is 0.591. The van der Waals surface area contributed by atoms with Gasteiger partial charge in [0.15, 0.2) is 17.5 Å². The first-order valence-corrected chi connectivity index (χ1v) is 16.0. The monoisotopic (exact) mass is 614 g/mol. The summed E-state index contributed by atoms with van der Waals surface area (Å²) >= 11 is 0. The number of para-hydroxylation sites is 2. The summed E-state index contributed by atoms with van der Waals surface area (Å²) in [6.07, 6.45) is 0. The summed E-state index contributed by atoms with van der Waals surface area (Å²) in [4.78, 5) is 17.5. The Morgan fingerprint density at radius 2 is 1.04 bits per heavy atom. The van der Waals surface area contributed by atoms with Crippen LogP contribution in [-0.4, -0.2) is 15.0 Å². The standard InChI is InChI=1S/C43H26N4O/c1-2-11-28(12-3-1)41-44-42(46-43(45-41)30-23-24-34-33-18-5-7-22-38(33)48-39(34)26-30)29-15-8-16-31(25-29)47-36-20-6-4-17-32(36)35-19-9-13-27-14-10-21-37(47)40(27)35/h1-26H. The van der Waals surface area contributed by atoms with Crippen molar-refractivity contribution in [2.45, 2.75) is 0 Å². The van der Waals surface area contributed by atoms with Crippen molar-refractivity contribution in [2.75, 3.05) is 4.90 Å². The number of furan rings is 1. The highest BCUT2D eigenvalue weighted by molar-refractivity contribution is 6.13. The second kappa shape index (κ2) is 10.5. The van der Waals surface area contributed by atoms with Gasteiger partial charge in [0.25, 0.3) is 0 Å². The van der Waals surface area contributed by atoms with Crippen LogP contribution < -0.4 is 4.90 Å². The molecular weight excluding hydrogens is 589 g/mol. The van der Waals surface area contributed by atoms with E-state index in [2.05, 4.69) is 108 Å². The van der Waals surface area contributed by atoms with Crippen LogP contribution in [0.25, 0.3) is 78.0 Å². The van der Waals surface area contributed by atoms with Gasteiger partial charge in [0.05, 0.1) is 11.4 Å². The van der Waals surface area contributed by atoms with E-state index in [1.165, 1.54) is 21.9 Å². The topological polar surface area (TPSA) is 55.1 Å². The van der Waals surface area contributed by atoms with Crippen LogP contribution in [0.15, 0.2) is 162 Å². The Morgan fingerprint density at radius 3 is 1.92 bits per heavy atom. The van der Waals surface area contributed by atoms with Gasteiger partial charge in [-0.1, -0.05) is 115 Å². The molecule has 0 N–H and O–H groups in total. The average Bonchev–Trinajstić information content (AvgIpc) is 3.53. The highest BCUT2D eigenvalue weighted by atomic mass is 16.3. The SMILES string of the molecule is c1ccc(-c2nc(-c3cccc(N4c5ccccc5-c5cccc6cccc4c56)c3)nc(-c3ccc4c(c3)oc3ccccc34)n2)cc1. The van der Waals surface area contributed by atoms with E-state index in [0.29, 0.717) is 17.5 Å². The van der Waals surface area contributed by atoms with E-state index in [9.17, 15) is 0 Å². The van der Waals surface area contributed by atoms with Crippen molar-refractivity contribution in [3.63, 3.8) is 0 Å². The lowest BCUT2D eigenvalue weighted by Crippen LogP contribution is -2.15. The molecule has 0 spiro atoms. The van der Waals surface area contributed by atoms with Crippen molar-refractivity contribution in [3.05, 3.63) is 158 Å². The Bertz CT molecular complexity index is 2690. The van der Waals surface area contributed by atoms with Crippen molar-refractivity contribution in [1.82, 2.24) is 15.0 Å². The predicted octanol–water partition coefficient (Wildman–Crippen LogP) is 11.4. The van der Waals surface area contributed by atoms with E-state index in [1.54, 1.807) is 0 Å². The van der Waals surface area contributed by atoms with E-state index < -0.39 is 0 Å². The molecule has 0 atom stereocenters. The number of hydrogen-bond acceptors (Lipinski definition) is 5. The minimum Gasteiger partial charge on any atom is -0.456 e. The first kappa shape index (κ1) is 26.6. The average molecular weight is 615 g/mol. The molecule has 0 bridgehead atoms. The van der Waals surface area contributed by atoms with E-state index >= 15 is 0 Å².